The zero-order valence-electron chi connectivity index (χ0n) is 9.59. The summed E-state index contributed by atoms with van der Waals surface area (Å²) in [6.07, 6.45) is 2.70. The summed E-state index contributed by atoms with van der Waals surface area (Å²) in [5.74, 6) is 0.541. The lowest BCUT2D eigenvalue weighted by Crippen LogP contribution is -2.45. The monoisotopic (exact) mass is 273 g/mol. The molecule has 0 unspecified atom stereocenters. The standard InChI is InChI=1S/C11H16NO3PS/c1-17-8-12-11(16(13,14)15)6-9-4-2-3-5-10(9)7-11/h2-5,12H,6-8H2,1H3,(H2,13,14,15). The van der Waals surface area contributed by atoms with Crippen LogP contribution in [0, 0.1) is 0 Å². The molecule has 17 heavy (non-hydrogen) atoms. The number of hydrogen-bond acceptors (Lipinski definition) is 3. The molecule has 4 nitrogen and oxygen atoms in total. The van der Waals surface area contributed by atoms with Crippen molar-refractivity contribution in [1.82, 2.24) is 5.32 Å². The van der Waals surface area contributed by atoms with Crippen LogP contribution in [0.3, 0.4) is 0 Å². The van der Waals surface area contributed by atoms with Crippen molar-refractivity contribution in [2.75, 3.05) is 12.1 Å². The van der Waals surface area contributed by atoms with E-state index < -0.39 is 12.9 Å². The van der Waals surface area contributed by atoms with Gasteiger partial charge in [-0.05, 0) is 17.4 Å². The molecule has 0 aromatic heterocycles. The fourth-order valence-corrected chi connectivity index (χ4v) is 3.80. The number of fused-ring (bicyclic) bond motifs is 1. The van der Waals surface area contributed by atoms with Crippen LogP contribution in [-0.2, 0) is 17.4 Å². The molecule has 0 aliphatic heterocycles. The van der Waals surface area contributed by atoms with Crippen molar-refractivity contribution in [3.8, 4) is 0 Å². The lowest BCUT2D eigenvalue weighted by molar-refractivity contribution is 0.306. The number of thioether (sulfide) groups is 1. The van der Waals surface area contributed by atoms with Gasteiger partial charge in [0.1, 0.15) is 5.28 Å². The molecular weight excluding hydrogens is 257 g/mol. The smallest absolute Gasteiger partial charge is 0.323 e. The van der Waals surface area contributed by atoms with E-state index in [1.807, 2.05) is 30.5 Å². The first-order chi connectivity index (χ1) is 7.98. The Kier molecular flexibility index (Phi) is 3.66. The molecule has 3 N–H and O–H groups in total. The van der Waals surface area contributed by atoms with Gasteiger partial charge in [0, 0.05) is 18.7 Å². The molecule has 6 heteroatoms. The van der Waals surface area contributed by atoms with Crippen LogP contribution in [-0.4, -0.2) is 27.2 Å². The highest BCUT2D eigenvalue weighted by atomic mass is 32.2. The Labute approximate surface area is 105 Å². The van der Waals surface area contributed by atoms with Crippen LogP contribution < -0.4 is 5.32 Å². The van der Waals surface area contributed by atoms with Crippen molar-refractivity contribution >= 4 is 19.4 Å². The van der Waals surface area contributed by atoms with Crippen molar-refractivity contribution < 1.29 is 14.4 Å². The van der Waals surface area contributed by atoms with Crippen LogP contribution in [0.4, 0.5) is 0 Å². The maximum atomic E-state index is 11.8. The van der Waals surface area contributed by atoms with Crippen molar-refractivity contribution in [2.45, 2.75) is 18.1 Å². The predicted molar refractivity (Wildman–Crippen MR) is 70.1 cm³/mol. The fourth-order valence-electron chi connectivity index (χ4n) is 2.24. The molecule has 0 atom stereocenters. The summed E-state index contributed by atoms with van der Waals surface area (Å²) in [6.45, 7) is 0. The topological polar surface area (TPSA) is 69.6 Å². The van der Waals surface area contributed by atoms with Gasteiger partial charge in [0.15, 0.2) is 0 Å². The quantitative estimate of drug-likeness (QED) is 0.574. The Morgan fingerprint density at radius 1 is 1.35 bits per heavy atom. The molecule has 1 aliphatic carbocycles. The molecule has 2 rings (SSSR count). The van der Waals surface area contributed by atoms with Gasteiger partial charge in [-0.3, -0.25) is 9.88 Å². The maximum absolute atomic E-state index is 11.8. The minimum Gasteiger partial charge on any atom is -0.323 e. The summed E-state index contributed by atoms with van der Waals surface area (Å²) in [6, 6.07) is 7.69. The van der Waals surface area contributed by atoms with E-state index in [1.165, 1.54) is 11.8 Å². The molecule has 0 bridgehead atoms. The molecule has 94 valence electrons. The van der Waals surface area contributed by atoms with Gasteiger partial charge >= 0.3 is 7.60 Å². The van der Waals surface area contributed by atoms with E-state index in [4.69, 9.17) is 0 Å². The molecule has 0 saturated carbocycles. The van der Waals surface area contributed by atoms with Crippen LogP contribution in [0.1, 0.15) is 11.1 Å². The first-order valence-corrected chi connectivity index (χ1v) is 8.35. The second kappa shape index (κ2) is 4.75. The first-order valence-electron chi connectivity index (χ1n) is 5.35. The van der Waals surface area contributed by atoms with Gasteiger partial charge in [-0.15, -0.1) is 11.8 Å². The highest BCUT2D eigenvalue weighted by Crippen LogP contribution is 2.55. The summed E-state index contributed by atoms with van der Waals surface area (Å²) < 4.78 is 11.8. The van der Waals surface area contributed by atoms with Gasteiger partial charge in [0.05, 0.1) is 0 Å². The SMILES string of the molecule is CSCNC1(P(=O)(O)O)Cc2ccccc2C1. The third-order valence-corrected chi connectivity index (χ3v) is 5.21. The lowest BCUT2D eigenvalue weighted by Gasteiger charge is -2.30. The second-order valence-electron chi connectivity index (χ2n) is 4.31. The van der Waals surface area contributed by atoms with E-state index >= 15 is 0 Å². The minimum absolute atomic E-state index is 0.397. The Morgan fingerprint density at radius 2 is 1.88 bits per heavy atom. The van der Waals surface area contributed by atoms with Crippen molar-refractivity contribution in [2.24, 2.45) is 0 Å². The maximum Gasteiger partial charge on any atom is 0.346 e. The lowest BCUT2D eigenvalue weighted by atomic mass is 10.1. The fraction of sp³-hybridized carbons (Fsp3) is 0.455. The Bertz CT molecular complexity index is 435. The molecule has 0 radical (unpaired) electrons. The molecule has 1 aromatic carbocycles. The van der Waals surface area contributed by atoms with E-state index in [-0.39, 0.29) is 0 Å². The van der Waals surface area contributed by atoms with Gasteiger partial charge in [-0.25, -0.2) is 0 Å². The minimum atomic E-state index is -4.18. The highest BCUT2D eigenvalue weighted by molar-refractivity contribution is 7.98. The molecule has 1 aromatic rings. The third-order valence-electron chi connectivity index (χ3n) is 3.19. The van der Waals surface area contributed by atoms with Gasteiger partial charge in [0.25, 0.3) is 0 Å². The highest BCUT2D eigenvalue weighted by Gasteiger charge is 2.50. The number of hydrogen-bond donors (Lipinski definition) is 3. The zero-order valence-corrected chi connectivity index (χ0v) is 11.3. The summed E-state index contributed by atoms with van der Waals surface area (Å²) in [5.41, 5.74) is 2.06. The molecule has 0 amide bonds. The molecule has 0 spiro atoms. The zero-order chi connectivity index (χ0) is 12.5. The van der Waals surface area contributed by atoms with E-state index in [0.29, 0.717) is 18.7 Å². The average Bonchev–Trinajstić information content (AvgIpc) is 2.65. The Balaban J connectivity index is 2.32. The molecule has 0 saturated heterocycles. The molecule has 0 fully saturated rings. The largest absolute Gasteiger partial charge is 0.346 e. The molecule has 1 aliphatic rings. The summed E-state index contributed by atoms with van der Waals surface area (Å²) >= 11 is 1.53. The summed E-state index contributed by atoms with van der Waals surface area (Å²) in [5, 5.41) is 1.92. The van der Waals surface area contributed by atoms with Crippen molar-refractivity contribution in [1.29, 1.82) is 0 Å². The summed E-state index contributed by atoms with van der Waals surface area (Å²) in [7, 11) is -4.18. The van der Waals surface area contributed by atoms with E-state index in [2.05, 4.69) is 5.32 Å². The number of nitrogens with one attached hydrogen (secondary N) is 1. The van der Waals surface area contributed by atoms with E-state index in [9.17, 15) is 14.4 Å². The van der Waals surface area contributed by atoms with Crippen molar-refractivity contribution in [3.05, 3.63) is 35.4 Å². The first kappa shape index (κ1) is 13.1. The second-order valence-corrected chi connectivity index (χ2v) is 7.12. The van der Waals surface area contributed by atoms with Crippen molar-refractivity contribution in [3.63, 3.8) is 0 Å². The molecular formula is C11H16NO3PS. The summed E-state index contributed by atoms with van der Waals surface area (Å²) in [4.78, 5) is 19.2. The van der Waals surface area contributed by atoms with E-state index in [1.54, 1.807) is 0 Å². The Hall–Kier alpha value is -0.320. The van der Waals surface area contributed by atoms with Crippen LogP contribution in [0.5, 0.6) is 0 Å². The van der Waals surface area contributed by atoms with Gasteiger partial charge in [-0.1, -0.05) is 24.3 Å². The Morgan fingerprint density at radius 3 is 2.29 bits per heavy atom. The van der Waals surface area contributed by atoms with Crippen LogP contribution in [0.2, 0.25) is 0 Å². The molecule has 0 heterocycles. The number of benzene rings is 1. The van der Waals surface area contributed by atoms with Crippen LogP contribution in [0.25, 0.3) is 0 Å². The van der Waals surface area contributed by atoms with Gasteiger partial charge in [0.2, 0.25) is 0 Å². The van der Waals surface area contributed by atoms with Crippen LogP contribution >= 0.6 is 19.4 Å². The third kappa shape index (κ3) is 2.44. The van der Waals surface area contributed by atoms with Gasteiger partial charge < -0.3 is 9.79 Å². The van der Waals surface area contributed by atoms with Crippen LogP contribution in [0.15, 0.2) is 24.3 Å². The van der Waals surface area contributed by atoms with Gasteiger partial charge in [-0.2, -0.15) is 0 Å². The average molecular weight is 273 g/mol. The number of rotatable bonds is 4. The van der Waals surface area contributed by atoms with E-state index in [0.717, 1.165) is 11.1 Å². The normalized spacial score (nSPS) is 18.1. The predicted octanol–water partition coefficient (Wildman–Crippen LogP) is 1.57.